The molecule has 0 radical (unpaired) electrons. The van der Waals surface area contributed by atoms with Crippen molar-refractivity contribution in [2.45, 2.75) is 21.8 Å². The van der Waals surface area contributed by atoms with Crippen LogP contribution in [-0.2, 0) is 4.43 Å². The van der Waals surface area contributed by atoms with Crippen molar-refractivity contribution in [3.05, 3.63) is 35.7 Å². The molecule has 0 spiro atoms. The highest BCUT2D eigenvalue weighted by Gasteiger charge is 2.29. The van der Waals surface area contributed by atoms with E-state index in [1.54, 1.807) is 12.1 Å². The number of benzene rings is 1. The van der Waals surface area contributed by atoms with Crippen LogP contribution in [0.3, 0.4) is 0 Å². The van der Waals surface area contributed by atoms with E-state index in [-0.39, 0.29) is 16.7 Å². The van der Waals surface area contributed by atoms with E-state index in [2.05, 4.69) is 27.6 Å². The van der Waals surface area contributed by atoms with Gasteiger partial charge in [-0.3, -0.25) is 0 Å². The highest BCUT2D eigenvalue weighted by molar-refractivity contribution is 14.1. The SMILES string of the molecule is Cc1oc(-c2ccc(SC(F)(F)F)cc2)nc1CI. The lowest BCUT2D eigenvalue weighted by molar-refractivity contribution is -0.0328. The maximum absolute atomic E-state index is 12.2. The van der Waals surface area contributed by atoms with E-state index >= 15 is 0 Å². The number of hydrogen-bond acceptors (Lipinski definition) is 3. The normalized spacial score (nSPS) is 11.8. The Morgan fingerprint density at radius 3 is 2.37 bits per heavy atom. The fourth-order valence-electron chi connectivity index (χ4n) is 1.47. The lowest BCUT2D eigenvalue weighted by atomic mass is 10.2. The van der Waals surface area contributed by atoms with Crippen LogP contribution in [0.1, 0.15) is 11.5 Å². The number of alkyl halides is 4. The summed E-state index contributed by atoms with van der Waals surface area (Å²) in [4.78, 5) is 4.45. The fourth-order valence-corrected chi connectivity index (χ4v) is 2.72. The van der Waals surface area contributed by atoms with Crippen LogP contribution in [0.2, 0.25) is 0 Å². The zero-order chi connectivity index (χ0) is 14.0. The van der Waals surface area contributed by atoms with Crippen molar-refractivity contribution in [3.8, 4) is 11.5 Å². The summed E-state index contributed by atoms with van der Waals surface area (Å²) in [5, 5.41) is 0. The Labute approximate surface area is 125 Å². The molecular formula is C12H9F3INOS. The number of aryl methyl sites for hydroxylation is 1. The molecule has 2 rings (SSSR count). The highest BCUT2D eigenvalue weighted by Crippen LogP contribution is 2.37. The average Bonchev–Trinajstić information content (AvgIpc) is 2.69. The molecule has 0 N–H and O–H groups in total. The fraction of sp³-hybridized carbons (Fsp3) is 0.250. The second kappa shape index (κ2) is 5.74. The predicted molar refractivity (Wildman–Crippen MR) is 76.3 cm³/mol. The van der Waals surface area contributed by atoms with E-state index < -0.39 is 5.51 Å². The van der Waals surface area contributed by atoms with Gasteiger partial charge in [-0.1, -0.05) is 22.6 Å². The summed E-state index contributed by atoms with van der Waals surface area (Å²) in [7, 11) is 0. The van der Waals surface area contributed by atoms with Gasteiger partial charge in [-0.15, -0.1) is 0 Å². The number of hydrogen-bond donors (Lipinski definition) is 0. The van der Waals surface area contributed by atoms with Crippen molar-refractivity contribution in [2.75, 3.05) is 0 Å². The molecule has 0 saturated carbocycles. The average molecular weight is 399 g/mol. The van der Waals surface area contributed by atoms with Crippen molar-refractivity contribution < 1.29 is 17.6 Å². The van der Waals surface area contributed by atoms with Gasteiger partial charge in [-0.05, 0) is 43.0 Å². The number of aromatic nitrogens is 1. The number of thioether (sulfide) groups is 1. The number of nitrogens with zero attached hydrogens (tertiary/aromatic N) is 1. The molecule has 2 nitrogen and oxygen atoms in total. The third kappa shape index (κ3) is 3.88. The molecule has 0 aliphatic carbocycles. The van der Waals surface area contributed by atoms with Gasteiger partial charge in [0.25, 0.3) is 0 Å². The first-order chi connectivity index (χ1) is 8.89. The quantitative estimate of drug-likeness (QED) is 0.403. The Morgan fingerprint density at radius 2 is 1.89 bits per heavy atom. The lowest BCUT2D eigenvalue weighted by Crippen LogP contribution is -1.98. The molecule has 0 unspecified atom stereocenters. The van der Waals surface area contributed by atoms with E-state index in [9.17, 15) is 13.2 Å². The van der Waals surface area contributed by atoms with Gasteiger partial charge in [0.2, 0.25) is 5.89 Å². The molecule has 0 amide bonds. The van der Waals surface area contributed by atoms with Crippen LogP contribution in [0, 0.1) is 6.92 Å². The van der Waals surface area contributed by atoms with Gasteiger partial charge in [0.05, 0.1) is 5.69 Å². The Balaban J connectivity index is 2.22. The standard InChI is InChI=1S/C12H9F3INOS/c1-7-10(6-16)17-11(18-7)8-2-4-9(5-3-8)19-12(13,14)15/h2-5H,6H2,1H3. The van der Waals surface area contributed by atoms with Gasteiger partial charge in [0.15, 0.2) is 0 Å². The monoisotopic (exact) mass is 399 g/mol. The first-order valence-corrected chi connectivity index (χ1v) is 7.61. The number of rotatable bonds is 3. The maximum Gasteiger partial charge on any atom is 0.446 e. The van der Waals surface area contributed by atoms with Crippen molar-refractivity contribution in [1.29, 1.82) is 0 Å². The van der Waals surface area contributed by atoms with Crippen LogP contribution in [0.25, 0.3) is 11.5 Å². The Hall–Kier alpha value is -0.700. The van der Waals surface area contributed by atoms with Gasteiger partial charge < -0.3 is 4.42 Å². The Bertz CT molecular complexity index is 565. The number of halogens is 4. The van der Waals surface area contributed by atoms with Crippen molar-refractivity contribution >= 4 is 34.4 Å². The first kappa shape index (κ1) is 14.7. The molecule has 1 aromatic carbocycles. The van der Waals surface area contributed by atoms with Crippen molar-refractivity contribution in [1.82, 2.24) is 4.98 Å². The molecule has 1 aromatic heterocycles. The molecule has 0 atom stereocenters. The molecule has 0 bridgehead atoms. The second-order valence-corrected chi connectivity index (χ2v) is 5.63. The van der Waals surface area contributed by atoms with E-state index in [0.717, 1.165) is 15.9 Å². The minimum atomic E-state index is -4.27. The second-order valence-electron chi connectivity index (χ2n) is 3.73. The molecule has 102 valence electrons. The maximum atomic E-state index is 12.2. The summed E-state index contributed by atoms with van der Waals surface area (Å²) in [5.74, 6) is 1.17. The summed E-state index contributed by atoms with van der Waals surface area (Å²) < 4.78 is 42.8. The van der Waals surface area contributed by atoms with Crippen molar-refractivity contribution in [3.63, 3.8) is 0 Å². The minimum absolute atomic E-state index is 0.135. The third-order valence-corrected chi connectivity index (χ3v) is 3.82. The van der Waals surface area contributed by atoms with Crippen molar-refractivity contribution in [2.24, 2.45) is 0 Å². The largest absolute Gasteiger partial charge is 0.446 e. The van der Waals surface area contributed by atoms with Crippen LogP contribution in [0.15, 0.2) is 33.6 Å². The summed E-state index contributed by atoms with van der Waals surface area (Å²) in [5.41, 5.74) is -2.75. The molecule has 19 heavy (non-hydrogen) atoms. The molecule has 0 saturated heterocycles. The summed E-state index contributed by atoms with van der Waals surface area (Å²) in [6.07, 6.45) is 0. The predicted octanol–water partition coefficient (Wildman–Crippen LogP) is 5.20. The Morgan fingerprint density at radius 1 is 1.26 bits per heavy atom. The molecule has 2 aromatic rings. The van der Waals surface area contributed by atoms with Gasteiger partial charge in [0.1, 0.15) is 5.76 Å². The van der Waals surface area contributed by atoms with E-state index in [0.29, 0.717) is 11.5 Å². The van der Waals surface area contributed by atoms with Crippen LogP contribution >= 0.6 is 34.4 Å². The molecular weight excluding hydrogens is 390 g/mol. The topological polar surface area (TPSA) is 26.0 Å². The lowest BCUT2D eigenvalue weighted by Gasteiger charge is -2.05. The molecule has 0 fully saturated rings. The molecule has 7 heteroatoms. The Kier molecular flexibility index (Phi) is 4.44. The summed E-state index contributed by atoms with van der Waals surface area (Å²) in [6.45, 7) is 1.82. The van der Waals surface area contributed by atoms with E-state index in [1.807, 2.05) is 6.92 Å². The summed E-state index contributed by atoms with van der Waals surface area (Å²) in [6, 6.07) is 5.99. The molecule has 1 heterocycles. The number of oxazole rings is 1. The first-order valence-electron chi connectivity index (χ1n) is 5.27. The molecule has 0 aliphatic rings. The van der Waals surface area contributed by atoms with Crippen LogP contribution in [-0.4, -0.2) is 10.5 Å². The van der Waals surface area contributed by atoms with E-state index in [1.165, 1.54) is 12.1 Å². The zero-order valence-corrected chi connectivity index (χ0v) is 12.8. The zero-order valence-electron chi connectivity index (χ0n) is 9.79. The highest BCUT2D eigenvalue weighted by atomic mass is 127. The minimum Gasteiger partial charge on any atom is -0.441 e. The van der Waals surface area contributed by atoms with Gasteiger partial charge in [0, 0.05) is 14.9 Å². The smallest absolute Gasteiger partial charge is 0.441 e. The van der Waals surface area contributed by atoms with Crippen LogP contribution < -0.4 is 0 Å². The van der Waals surface area contributed by atoms with Crippen LogP contribution in [0.5, 0.6) is 0 Å². The van der Waals surface area contributed by atoms with Crippen LogP contribution in [0.4, 0.5) is 13.2 Å². The van der Waals surface area contributed by atoms with Gasteiger partial charge in [-0.2, -0.15) is 13.2 Å². The van der Waals surface area contributed by atoms with Gasteiger partial charge in [-0.25, -0.2) is 4.98 Å². The summed E-state index contributed by atoms with van der Waals surface area (Å²) >= 11 is 2.05. The van der Waals surface area contributed by atoms with Gasteiger partial charge >= 0.3 is 5.51 Å². The van der Waals surface area contributed by atoms with E-state index in [4.69, 9.17) is 4.42 Å². The molecule has 0 aliphatic heterocycles. The third-order valence-electron chi connectivity index (χ3n) is 2.35.